The van der Waals surface area contributed by atoms with E-state index in [-0.39, 0.29) is 11.3 Å². The van der Waals surface area contributed by atoms with Crippen molar-refractivity contribution in [1.29, 1.82) is 0 Å². The molecule has 1 saturated heterocycles. The van der Waals surface area contributed by atoms with E-state index in [2.05, 4.69) is 42.3 Å². The fourth-order valence-electron chi connectivity index (χ4n) is 3.87. The second-order valence-electron chi connectivity index (χ2n) is 7.54. The van der Waals surface area contributed by atoms with Crippen LogP contribution in [0.2, 0.25) is 0 Å². The van der Waals surface area contributed by atoms with Crippen LogP contribution >= 0.6 is 0 Å². The Balaban J connectivity index is 1.57. The predicted molar refractivity (Wildman–Crippen MR) is 96.3 cm³/mol. The van der Waals surface area contributed by atoms with Crippen molar-refractivity contribution in [3.63, 3.8) is 0 Å². The van der Waals surface area contributed by atoms with Crippen LogP contribution in [0.4, 0.5) is 0 Å². The monoisotopic (exact) mass is 330 g/mol. The number of rotatable bonds is 6. The van der Waals surface area contributed by atoms with E-state index in [9.17, 15) is 4.79 Å². The summed E-state index contributed by atoms with van der Waals surface area (Å²) in [6.45, 7) is 8.09. The van der Waals surface area contributed by atoms with Gasteiger partial charge < -0.3 is 15.0 Å². The summed E-state index contributed by atoms with van der Waals surface area (Å²) in [7, 11) is 1.75. The normalized spacial score (nSPS) is 20.8. The fraction of sp³-hybridized carbons (Fsp3) is 0.650. The van der Waals surface area contributed by atoms with Crippen LogP contribution < -0.4 is 5.32 Å². The maximum absolute atomic E-state index is 12.9. The van der Waals surface area contributed by atoms with Crippen molar-refractivity contribution in [2.45, 2.75) is 51.0 Å². The summed E-state index contributed by atoms with van der Waals surface area (Å²) in [5.74, 6) is 0.239. The van der Waals surface area contributed by atoms with E-state index < -0.39 is 0 Å². The van der Waals surface area contributed by atoms with E-state index in [4.69, 9.17) is 4.74 Å². The average Bonchev–Trinajstić information content (AvgIpc) is 3.35. The maximum atomic E-state index is 12.9. The number of carbonyl (C=O) groups excluding carboxylic acids is 1. The molecular formula is C20H30N2O2. The van der Waals surface area contributed by atoms with Crippen molar-refractivity contribution in [1.82, 2.24) is 10.2 Å². The Morgan fingerprint density at radius 2 is 1.83 bits per heavy atom. The number of nitrogens with one attached hydrogen (secondary N) is 1. The summed E-state index contributed by atoms with van der Waals surface area (Å²) in [5.41, 5.74) is 3.44. The Morgan fingerprint density at radius 3 is 2.38 bits per heavy atom. The van der Waals surface area contributed by atoms with Crippen LogP contribution in [-0.4, -0.2) is 50.2 Å². The molecule has 0 spiro atoms. The Kier molecular flexibility index (Phi) is 5.26. The van der Waals surface area contributed by atoms with Gasteiger partial charge in [0.25, 0.3) is 0 Å². The predicted octanol–water partition coefficient (Wildman–Crippen LogP) is 2.56. The van der Waals surface area contributed by atoms with Crippen LogP contribution in [0.3, 0.4) is 0 Å². The highest BCUT2D eigenvalue weighted by atomic mass is 16.5. The number of benzene rings is 1. The van der Waals surface area contributed by atoms with Crippen LogP contribution in [0.1, 0.15) is 42.4 Å². The van der Waals surface area contributed by atoms with E-state index in [0.29, 0.717) is 6.04 Å². The number of methoxy groups -OCH3 is 1. The highest BCUT2D eigenvalue weighted by molar-refractivity contribution is 5.91. The summed E-state index contributed by atoms with van der Waals surface area (Å²) in [6, 6.07) is 6.87. The molecule has 1 aromatic carbocycles. The van der Waals surface area contributed by atoms with Crippen LogP contribution in [0.15, 0.2) is 18.2 Å². The maximum Gasteiger partial charge on any atom is 0.230 e. The van der Waals surface area contributed by atoms with Crippen molar-refractivity contribution in [2.75, 3.05) is 33.4 Å². The third kappa shape index (κ3) is 3.81. The molecule has 2 fully saturated rings. The summed E-state index contributed by atoms with van der Waals surface area (Å²) in [4.78, 5) is 15.3. The van der Waals surface area contributed by atoms with Crippen LogP contribution in [0.5, 0.6) is 0 Å². The lowest BCUT2D eigenvalue weighted by Gasteiger charge is -2.33. The molecule has 0 aromatic heterocycles. The van der Waals surface area contributed by atoms with Crippen LogP contribution in [0.25, 0.3) is 0 Å². The zero-order valence-corrected chi connectivity index (χ0v) is 15.2. The van der Waals surface area contributed by atoms with Gasteiger partial charge in [-0.1, -0.05) is 29.3 Å². The highest BCUT2D eigenvalue weighted by Gasteiger charge is 2.51. The minimum absolute atomic E-state index is 0.239. The second-order valence-corrected chi connectivity index (χ2v) is 7.54. The molecule has 24 heavy (non-hydrogen) atoms. The van der Waals surface area contributed by atoms with Crippen LogP contribution in [-0.2, 0) is 14.9 Å². The zero-order chi connectivity index (χ0) is 17.2. The molecule has 4 nitrogen and oxygen atoms in total. The van der Waals surface area contributed by atoms with Crippen LogP contribution in [0, 0.1) is 13.8 Å². The lowest BCUT2D eigenvalue weighted by molar-refractivity contribution is -0.124. The van der Waals surface area contributed by atoms with Gasteiger partial charge in [-0.3, -0.25) is 4.79 Å². The lowest BCUT2D eigenvalue weighted by atomic mass is 9.91. The molecule has 1 aromatic rings. The second kappa shape index (κ2) is 7.24. The quantitative estimate of drug-likeness (QED) is 0.871. The van der Waals surface area contributed by atoms with Crippen molar-refractivity contribution in [2.24, 2.45) is 0 Å². The first-order valence-electron chi connectivity index (χ1n) is 9.14. The van der Waals surface area contributed by atoms with E-state index >= 15 is 0 Å². The summed E-state index contributed by atoms with van der Waals surface area (Å²) < 4.78 is 5.15. The van der Waals surface area contributed by atoms with Crippen molar-refractivity contribution >= 4 is 5.91 Å². The number of hydrogen-bond acceptors (Lipinski definition) is 3. The van der Waals surface area contributed by atoms with E-state index in [0.717, 1.165) is 51.9 Å². The number of aryl methyl sites for hydroxylation is 2. The molecule has 3 rings (SSSR count). The minimum Gasteiger partial charge on any atom is -0.383 e. The molecule has 0 radical (unpaired) electrons. The van der Waals surface area contributed by atoms with E-state index in [1.54, 1.807) is 7.11 Å². The molecule has 1 amide bonds. The molecule has 0 unspecified atom stereocenters. The number of carbonyl (C=O) groups is 1. The van der Waals surface area contributed by atoms with Crippen molar-refractivity contribution in [3.8, 4) is 0 Å². The molecule has 4 heteroatoms. The number of piperidine rings is 1. The number of hydrogen-bond donors (Lipinski definition) is 1. The molecule has 1 N–H and O–H groups in total. The first-order valence-corrected chi connectivity index (χ1v) is 9.14. The van der Waals surface area contributed by atoms with Gasteiger partial charge in [-0.25, -0.2) is 0 Å². The van der Waals surface area contributed by atoms with Gasteiger partial charge in [0, 0.05) is 32.8 Å². The summed E-state index contributed by atoms with van der Waals surface area (Å²) in [5, 5.41) is 3.34. The minimum atomic E-state index is -0.260. The van der Waals surface area contributed by atoms with Gasteiger partial charge in [0.15, 0.2) is 0 Å². The van der Waals surface area contributed by atoms with Gasteiger partial charge >= 0.3 is 0 Å². The first-order chi connectivity index (χ1) is 11.5. The van der Waals surface area contributed by atoms with Gasteiger partial charge in [0.1, 0.15) is 0 Å². The molecular weight excluding hydrogens is 300 g/mol. The van der Waals surface area contributed by atoms with Crippen molar-refractivity contribution < 1.29 is 9.53 Å². The molecule has 1 saturated carbocycles. The van der Waals surface area contributed by atoms with Gasteiger partial charge in [0.05, 0.1) is 12.0 Å². The molecule has 1 aliphatic carbocycles. The third-order valence-corrected chi connectivity index (χ3v) is 5.49. The molecule has 0 bridgehead atoms. The molecule has 1 heterocycles. The fourth-order valence-corrected chi connectivity index (χ4v) is 3.87. The Bertz CT molecular complexity index is 567. The topological polar surface area (TPSA) is 41.6 Å². The van der Waals surface area contributed by atoms with Gasteiger partial charge in [-0.15, -0.1) is 0 Å². The Morgan fingerprint density at radius 1 is 1.21 bits per heavy atom. The Hall–Kier alpha value is -1.39. The lowest BCUT2D eigenvalue weighted by Crippen LogP contribution is -2.48. The molecule has 1 aliphatic heterocycles. The summed E-state index contributed by atoms with van der Waals surface area (Å²) in [6.07, 6.45) is 4.04. The largest absolute Gasteiger partial charge is 0.383 e. The van der Waals surface area contributed by atoms with E-state index in [1.165, 1.54) is 16.7 Å². The highest BCUT2D eigenvalue weighted by Crippen LogP contribution is 2.49. The number of nitrogens with zero attached hydrogens (tertiary/aromatic N) is 1. The molecule has 0 atom stereocenters. The van der Waals surface area contributed by atoms with Gasteiger partial charge in [-0.2, -0.15) is 0 Å². The SMILES string of the molecule is COCCN1CCC(NC(=O)C2(c3cc(C)cc(C)c3)CC2)CC1. The number of likely N-dealkylation sites (tertiary alicyclic amines) is 1. The standard InChI is InChI=1S/C20H30N2O2/c1-15-12-16(2)14-17(13-15)20(6-7-20)19(23)21-18-4-8-22(9-5-18)10-11-24-3/h12-14,18H,4-11H2,1-3H3,(H,21,23). The average molecular weight is 330 g/mol. The first kappa shape index (κ1) is 17.4. The molecule has 2 aliphatic rings. The number of ether oxygens (including phenoxy) is 1. The van der Waals surface area contributed by atoms with Gasteiger partial charge in [-0.05, 0) is 45.1 Å². The van der Waals surface area contributed by atoms with Gasteiger partial charge in [0.2, 0.25) is 5.91 Å². The summed E-state index contributed by atoms with van der Waals surface area (Å²) >= 11 is 0. The Labute approximate surface area is 145 Å². The van der Waals surface area contributed by atoms with Crippen molar-refractivity contribution in [3.05, 3.63) is 34.9 Å². The zero-order valence-electron chi connectivity index (χ0n) is 15.2. The smallest absolute Gasteiger partial charge is 0.230 e. The molecule has 132 valence electrons. The third-order valence-electron chi connectivity index (χ3n) is 5.49. The number of amides is 1. The van der Waals surface area contributed by atoms with E-state index in [1.807, 2.05) is 0 Å².